The molecule has 2 aromatic heterocycles. The molecule has 3 nitrogen and oxygen atoms in total. The van der Waals surface area contributed by atoms with Crippen molar-refractivity contribution in [2.45, 2.75) is 15.2 Å². The van der Waals surface area contributed by atoms with Crippen molar-refractivity contribution < 1.29 is 0 Å². The minimum atomic E-state index is -0.484. The smallest absolute Gasteiger partial charge is 0.160 e. The van der Waals surface area contributed by atoms with Crippen molar-refractivity contribution in [3.63, 3.8) is 0 Å². The molecule has 0 radical (unpaired) electrons. The molecule has 0 fully saturated rings. The highest BCUT2D eigenvalue weighted by Crippen LogP contribution is 2.62. The second-order valence-corrected chi connectivity index (χ2v) is 16.6. The van der Waals surface area contributed by atoms with Crippen LogP contribution in [0.4, 0.5) is 0 Å². The van der Waals surface area contributed by atoms with Crippen molar-refractivity contribution in [3.8, 4) is 67.3 Å². The molecule has 0 unspecified atom stereocenters. The molecule has 3 heterocycles. The van der Waals surface area contributed by atoms with Gasteiger partial charge in [-0.3, -0.25) is 4.98 Å². The molecule has 12 rings (SSSR count). The summed E-state index contributed by atoms with van der Waals surface area (Å²) >= 11 is 1.87. The summed E-state index contributed by atoms with van der Waals surface area (Å²) in [6.45, 7) is 0. The number of aromatic nitrogens is 3. The molecule has 0 bridgehead atoms. The number of pyridine rings is 1. The molecule has 1 aliphatic carbocycles. The van der Waals surface area contributed by atoms with Gasteiger partial charge in [-0.2, -0.15) is 0 Å². The molecule has 1 spiro atoms. The Morgan fingerprint density at radius 3 is 1.58 bits per heavy atom. The summed E-state index contributed by atoms with van der Waals surface area (Å²) < 4.78 is 0. The summed E-state index contributed by atoms with van der Waals surface area (Å²) in [4.78, 5) is 17.5. The van der Waals surface area contributed by atoms with Gasteiger partial charge in [0, 0.05) is 38.1 Å². The Bertz CT molecular complexity index is 3180. The first-order valence-electron chi connectivity index (χ1n) is 20.3. The van der Waals surface area contributed by atoms with Crippen LogP contribution in [0.3, 0.4) is 0 Å². The molecule has 2 aliphatic rings. The van der Waals surface area contributed by atoms with Gasteiger partial charge in [0.05, 0.1) is 22.3 Å². The van der Waals surface area contributed by atoms with E-state index in [4.69, 9.17) is 9.97 Å². The monoisotopic (exact) mass is 781 g/mol. The van der Waals surface area contributed by atoms with Crippen LogP contribution in [-0.4, -0.2) is 15.0 Å². The number of hydrogen-bond acceptors (Lipinski definition) is 4. The molecule has 1 aliphatic heterocycles. The predicted molar refractivity (Wildman–Crippen MR) is 246 cm³/mol. The summed E-state index contributed by atoms with van der Waals surface area (Å²) in [5.41, 5.74) is 17.8. The van der Waals surface area contributed by atoms with Gasteiger partial charge in [0.15, 0.2) is 5.82 Å². The molecule has 4 heteroatoms. The summed E-state index contributed by atoms with van der Waals surface area (Å²) in [5, 5.41) is 1.16. The standard InChI is InChI=1S/C56H35N3S/c1-3-13-38(14-4-1)51-35-52(59-55(58-51)39-15-5-2-6-16-39)41-28-30-47-45(34-41)44-33-40(36-23-25-37(26-24-36)42-31-32-57-50-20-10-7-17-43(42)50)27-29-46(44)56(47)48-18-8-11-21-53(48)60-54-22-12-9-19-49(54)56/h1-35H. The molecular formula is C56H35N3S. The third-order valence-corrected chi connectivity index (χ3v) is 13.4. The zero-order valence-corrected chi connectivity index (χ0v) is 33.3. The lowest BCUT2D eigenvalue weighted by Gasteiger charge is -2.39. The molecule has 60 heavy (non-hydrogen) atoms. The maximum atomic E-state index is 5.26. The van der Waals surface area contributed by atoms with Crippen LogP contribution < -0.4 is 0 Å². The molecule has 0 saturated carbocycles. The first-order chi connectivity index (χ1) is 29.7. The third-order valence-electron chi connectivity index (χ3n) is 12.2. The third kappa shape index (κ3) is 5.42. The summed E-state index contributed by atoms with van der Waals surface area (Å²) in [5.74, 6) is 0.710. The fourth-order valence-electron chi connectivity index (χ4n) is 9.50. The minimum Gasteiger partial charge on any atom is -0.256 e. The van der Waals surface area contributed by atoms with Crippen LogP contribution in [-0.2, 0) is 5.41 Å². The first-order valence-corrected chi connectivity index (χ1v) is 21.2. The van der Waals surface area contributed by atoms with E-state index in [1.165, 1.54) is 65.4 Å². The molecule has 0 N–H and O–H groups in total. The van der Waals surface area contributed by atoms with Crippen LogP contribution in [0.15, 0.2) is 222 Å². The quantitative estimate of drug-likeness (QED) is 0.174. The highest BCUT2D eigenvalue weighted by Gasteiger charge is 2.50. The summed E-state index contributed by atoms with van der Waals surface area (Å²) in [6.07, 6.45) is 1.90. The van der Waals surface area contributed by atoms with Crippen molar-refractivity contribution in [1.82, 2.24) is 15.0 Å². The zero-order chi connectivity index (χ0) is 39.6. The van der Waals surface area contributed by atoms with Gasteiger partial charge in [-0.25, -0.2) is 9.97 Å². The van der Waals surface area contributed by atoms with E-state index in [1.807, 2.05) is 48.3 Å². The second-order valence-electron chi connectivity index (χ2n) is 15.5. The maximum absolute atomic E-state index is 5.26. The lowest BCUT2D eigenvalue weighted by atomic mass is 9.67. The van der Waals surface area contributed by atoms with Gasteiger partial charge >= 0.3 is 0 Å². The van der Waals surface area contributed by atoms with Crippen LogP contribution in [0.5, 0.6) is 0 Å². The van der Waals surface area contributed by atoms with Gasteiger partial charge < -0.3 is 0 Å². The number of fused-ring (bicyclic) bond motifs is 10. The fraction of sp³-hybridized carbons (Fsp3) is 0.0179. The Morgan fingerprint density at radius 2 is 0.883 bits per heavy atom. The van der Waals surface area contributed by atoms with E-state index in [-0.39, 0.29) is 0 Å². The average molecular weight is 782 g/mol. The molecule has 10 aromatic rings. The second kappa shape index (κ2) is 13.9. The Hall–Kier alpha value is -7.40. The van der Waals surface area contributed by atoms with Crippen LogP contribution in [0.25, 0.3) is 78.2 Å². The molecule has 280 valence electrons. The molecule has 0 atom stereocenters. The van der Waals surface area contributed by atoms with Crippen molar-refractivity contribution in [1.29, 1.82) is 0 Å². The van der Waals surface area contributed by atoms with Crippen LogP contribution >= 0.6 is 11.8 Å². The SMILES string of the molecule is c1ccc(-c2cc(-c3ccc4c(c3)-c3cc(-c5ccc(-c6ccnc7ccccc67)cc5)ccc3C43c4ccccc4Sc4ccccc43)nc(-c3ccccc3)n2)cc1. The Balaban J connectivity index is 1.06. The lowest BCUT2D eigenvalue weighted by molar-refractivity contribution is 0.722. The van der Waals surface area contributed by atoms with E-state index < -0.39 is 5.41 Å². The largest absolute Gasteiger partial charge is 0.256 e. The predicted octanol–water partition coefficient (Wildman–Crippen LogP) is 14.2. The van der Waals surface area contributed by atoms with Crippen molar-refractivity contribution >= 4 is 22.7 Å². The van der Waals surface area contributed by atoms with E-state index in [9.17, 15) is 0 Å². The van der Waals surface area contributed by atoms with Crippen LogP contribution in [0.1, 0.15) is 22.3 Å². The van der Waals surface area contributed by atoms with Gasteiger partial charge in [0.1, 0.15) is 0 Å². The van der Waals surface area contributed by atoms with Gasteiger partial charge in [-0.05, 0) is 98.1 Å². The van der Waals surface area contributed by atoms with E-state index in [1.54, 1.807) is 0 Å². The van der Waals surface area contributed by atoms with E-state index in [0.717, 1.165) is 39.0 Å². The number of benzene rings is 8. The maximum Gasteiger partial charge on any atom is 0.160 e. The Labute approximate surface area is 353 Å². The number of rotatable bonds is 5. The van der Waals surface area contributed by atoms with Crippen LogP contribution in [0.2, 0.25) is 0 Å². The minimum absolute atomic E-state index is 0.484. The fourth-order valence-corrected chi connectivity index (χ4v) is 10.7. The molecule has 0 saturated heterocycles. The Kier molecular flexibility index (Phi) is 8.00. The Morgan fingerprint density at radius 1 is 0.350 bits per heavy atom. The number of para-hydroxylation sites is 1. The lowest BCUT2D eigenvalue weighted by Crippen LogP contribution is -2.31. The van der Waals surface area contributed by atoms with Gasteiger partial charge in [0.2, 0.25) is 0 Å². The highest BCUT2D eigenvalue weighted by atomic mass is 32.2. The average Bonchev–Trinajstić information content (AvgIpc) is 3.61. The molecular weight excluding hydrogens is 747 g/mol. The summed E-state index contributed by atoms with van der Waals surface area (Å²) in [7, 11) is 0. The highest BCUT2D eigenvalue weighted by molar-refractivity contribution is 7.99. The molecule has 0 amide bonds. The topological polar surface area (TPSA) is 38.7 Å². The van der Waals surface area contributed by atoms with E-state index >= 15 is 0 Å². The van der Waals surface area contributed by atoms with Crippen molar-refractivity contribution in [3.05, 3.63) is 235 Å². The number of hydrogen-bond donors (Lipinski definition) is 0. The van der Waals surface area contributed by atoms with E-state index in [0.29, 0.717) is 5.82 Å². The molecule has 8 aromatic carbocycles. The van der Waals surface area contributed by atoms with E-state index in [2.05, 4.69) is 181 Å². The van der Waals surface area contributed by atoms with Gasteiger partial charge in [0.25, 0.3) is 0 Å². The van der Waals surface area contributed by atoms with Crippen molar-refractivity contribution in [2.75, 3.05) is 0 Å². The normalized spacial score (nSPS) is 13.1. The number of nitrogens with zero attached hydrogens (tertiary/aromatic N) is 3. The van der Waals surface area contributed by atoms with Gasteiger partial charge in [-0.15, -0.1) is 0 Å². The summed E-state index contributed by atoms with van der Waals surface area (Å²) in [6, 6.07) is 74.4. The van der Waals surface area contributed by atoms with Crippen molar-refractivity contribution in [2.24, 2.45) is 0 Å². The van der Waals surface area contributed by atoms with Gasteiger partial charge in [-0.1, -0.05) is 176 Å². The van der Waals surface area contributed by atoms with Crippen LogP contribution in [0, 0.1) is 0 Å². The first kappa shape index (κ1) is 34.6. The zero-order valence-electron chi connectivity index (χ0n) is 32.5.